The zero-order valence-electron chi connectivity index (χ0n) is 13.9. The van der Waals surface area contributed by atoms with Gasteiger partial charge in [0.1, 0.15) is 0 Å². The lowest BCUT2D eigenvalue weighted by molar-refractivity contribution is 0.102. The van der Waals surface area contributed by atoms with E-state index in [1.807, 2.05) is 56.3 Å². The van der Waals surface area contributed by atoms with Gasteiger partial charge in [0, 0.05) is 28.8 Å². The minimum Gasteiger partial charge on any atom is -0.324 e. The summed E-state index contributed by atoms with van der Waals surface area (Å²) in [4.78, 5) is 20.7. The van der Waals surface area contributed by atoms with E-state index in [-0.39, 0.29) is 5.91 Å². The molecule has 126 valence electrons. The van der Waals surface area contributed by atoms with Gasteiger partial charge < -0.3 is 10.6 Å². The summed E-state index contributed by atoms with van der Waals surface area (Å²) in [6, 6.07) is 13.2. The summed E-state index contributed by atoms with van der Waals surface area (Å²) in [6.45, 7) is 3.88. The molecule has 0 spiro atoms. The molecule has 3 aromatic rings. The number of nitrogens with one attached hydrogen (secondary N) is 2. The molecule has 6 heteroatoms. The number of hydrogen-bond donors (Lipinski definition) is 2. The fourth-order valence-electron chi connectivity index (χ4n) is 2.30. The second-order valence-corrected chi connectivity index (χ2v) is 6.06. The highest BCUT2D eigenvalue weighted by atomic mass is 35.5. The number of carbonyl (C=O) groups is 1. The van der Waals surface area contributed by atoms with Crippen molar-refractivity contribution in [2.45, 2.75) is 13.8 Å². The average molecular weight is 353 g/mol. The Hall–Kier alpha value is -2.92. The van der Waals surface area contributed by atoms with E-state index in [4.69, 9.17) is 11.6 Å². The number of aryl methyl sites for hydroxylation is 1. The summed E-state index contributed by atoms with van der Waals surface area (Å²) in [5, 5.41) is 6.59. The average Bonchev–Trinajstić information content (AvgIpc) is 2.59. The largest absolute Gasteiger partial charge is 0.324 e. The number of hydrogen-bond acceptors (Lipinski definition) is 4. The van der Waals surface area contributed by atoms with Crippen LogP contribution in [0.1, 0.15) is 21.5 Å². The Bertz CT molecular complexity index is 910. The fraction of sp³-hybridized carbons (Fsp3) is 0.105. The first-order valence-electron chi connectivity index (χ1n) is 7.75. The van der Waals surface area contributed by atoms with Gasteiger partial charge in [0.25, 0.3) is 5.91 Å². The number of carbonyl (C=O) groups excluding carboxylic acids is 1. The van der Waals surface area contributed by atoms with Crippen molar-refractivity contribution in [1.29, 1.82) is 0 Å². The van der Waals surface area contributed by atoms with Crippen LogP contribution in [0.5, 0.6) is 0 Å². The highest BCUT2D eigenvalue weighted by Gasteiger charge is 2.09. The van der Waals surface area contributed by atoms with Crippen LogP contribution in [0.4, 0.5) is 17.3 Å². The second kappa shape index (κ2) is 7.32. The minimum atomic E-state index is -0.254. The zero-order valence-corrected chi connectivity index (χ0v) is 14.6. The number of halogens is 1. The first-order chi connectivity index (χ1) is 12.0. The summed E-state index contributed by atoms with van der Waals surface area (Å²) < 4.78 is 0. The van der Waals surface area contributed by atoms with Crippen molar-refractivity contribution in [3.63, 3.8) is 0 Å². The lowest BCUT2D eigenvalue weighted by Crippen LogP contribution is -2.13. The molecule has 0 aliphatic heterocycles. The third kappa shape index (κ3) is 4.14. The molecule has 2 N–H and O–H groups in total. The van der Waals surface area contributed by atoms with E-state index in [0.717, 1.165) is 22.5 Å². The van der Waals surface area contributed by atoms with Crippen molar-refractivity contribution in [2.24, 2.45) is 0 Å². The maximum Gasteiger partial charge on any atom is 0.258 e. The van der Waals surface area contributed by atoms with Crippen molar-refractivity contribution in [3.05, 3.63) is 76.6 Å². The third-order valence-corrected chi connectivity index (χ3v) is 4.11. The zero-order chi connectivity index (χ0) is 17.8. The standard InChI is InChI=1S/C19H17ClN4O/c1-12-5-3-6-15(9-12)23-18(25)14-10-21-19(22-11-14)24-17-8-4-7-16(20)13(17)2/h3-11H,1-2H3,(H,23,25)(H,21,22,24). The highest BCUT2D eigenvalue weighted by molar-refractivity contribution is 6.31. The molecule has 0 radical (unpaired) electrons. The van der Waals surface area contributed by atoms with Crippen LogP contribution in [0.3, 0.4) is 0 Å². The molecular weight excluding hydrogens is 336 g/mol. The van der Waals surface area contributed by atoms with Crippen LogP contribution >= 0.6 is 11.6 Å². The molecule has 0 aliphatic carbocycles. The smallest absolute Gasteiger partial charge is 0.258 e. The Kier molecular flexibility index (Phi) is 4.95. The number of amides is 1. The van der Waals surface area contributed by atoms with E-state index in [2.05, 4.69) is 20.6 Å². The van der Waals surface area contributed by atoms with Crippen molar-refractivity contribution in [1.82, 2.24) is 9.97 Å². The molecule has 3 rings (SSSR count). The third-order valence-electron chi connectivity index (χ3n) is 3.70. The maximum atomic E-state index is 12.3. The summed E-state index contributed by atoms with van der Waals surface area (Å²) in [5.74, 6) is 0.147. The SMILES string of the molecule is Cc1cccc(NC(=O)c2cnc(Nc3cccc(Cl)c3C)nc2)c1. The lowest BCUT2D eigenvalue weighted by atomic mass is 10.2. The van der Waals surface area contributed by atoms with Crippen LogP contribution < -0.4 is 10.6 Å². The molecule has 0 fully saturated rings. The number of rotatable bonds is 4. The molecule has 1 heterocycles. The van der Waals surface area contributed by atoms with Crippen molar-refractivity contribution in [3.8, 4) is 0 Å². The topological polar surface area (TPSA) is 66.9 Å². The quantitative estimate of drug-likeness (QED) is 0.711. The van der Waals surface area contributed by atoms with Gasteiger partial charge in [-0.3, -0.25) is 4.79 Å². The molecule has 0 saturated carbocycles. The summed E-state index contributed by atoms with van der Waals surface area (Å²) in [5.41, 5.74) is 3.93. The van der Waals surface area contributed by atoms with Crippen LogP contribution in [-0.4, -0.2) is 15.9 Å². The Morgan fingerprint density at radius 2 is 1.76 bits per heavy atom. The van der Waals surface area contributed by atoms with Crippen LogP contribution in [0.15, 0.2) is 54.9 Å². The Balaban J connectivity index is 1.71. The Morgan fingerprint density at radius 1 is 1.04 bits per heavy atom. The van der Waals surface area contributed by atoms with Crippen molar-refractivity contribution < 1.29 is 4.79 Å². The normalized spacial score (nSPS) is 10.4. The van der Waals surface area contributed by atoms with Gasteiger partial charge >= 0.3 is 0 Å². The number of aromatic nitrogens is 2. The second-order valence-electron chi connectivity index (χ2n) is 5.66. The molecule has 2 aromatic carbocycles. The number of anilines is 3. The number of benzene rings is 2. The summed E-state index contributed by atoms with van der Waals surface area (Å²) >= 11 is 6.10. The first kappa shape index (κ1) is 16.9. The van der Waals surface area contributed by atoms with Gasteiger partial charge in [0.05, 0.1) is 5.56 Å². The van der Waals surface area contributed by atoms with Crippen LogP contribution in [0.25, 0.3) is 0 Å². The molecule has 1 aromatic heterocycles. The Morgan fingerprint density at radius 3 is 2.48 bits per heavy atom. The van der Waals surface area contributed by atoms with Gasteiger partial charge in [-0.25, -0.2) is 9.97 Å². The molecule has 0 bridgehead atoms. The number of nitrogens with zero attached hydrogens (tertiary/aromatic N) is 2. The van der Waals surface area contributed by atoms with Crippen LogP contribution in [0, 0.1) is 13.8 Å². The van der Waals surface area contributed by atoms with Gasteiger partial charge in [0.2, 0.25) is 5.95 Å². The maximum absolute atomic E-state index is 12.3. The van der Waals surface area contributed by atoms with Gasteiger partial charge in [-0.2, -0.15) is 0 Å². The molecular formula is C19H17ClN4O. The van der Waals surface area contributed by atoms with Crippen molar-refractivity contribution >= 4 is 34.8 Å². The lowest BCUT2D eigenvalue weighted by Gasteiger charge is -2.09. The van der Waals surface area contributed by atoms with E-state index in [0.29, 0.717) is 16.5 Å². The van der Waals surface area contributed by atoms with E-state index < -0.39 is 0 Å². The monoisotopic (exact) mass is 352 g/mol. The van der Waals surface area contributed by atoms with E-state index in [9.17, 15) is 4.79 Å². The summed E-state index contributed by atoms with van der Waals surface area (Å²) in [7, 11) is 0. The van der Waals surface area contributed by atoms with Gasteiger partial charge in [-0.15, -0.1) is 0 Å². The van der Waals surface area contributed by atoms with Gasteiger partial charge in [-0.1, -0.05) is 29.8 Å². The Labute approximate surface area is 151 Å². The fourth-order valence-corrected chi connectivity index (χ4v) is 2.47. The minimum absolute atomic E-state index is 0.254. The molecule has 1 amide bonds. The molecule has 0 saturated heterocycles. The molecule has 0 unspecified atom stereocenters. The molecule has 0 aliphatic rings. The van der Waals surface area contributed by atoms with Gasteiger partial charge in [0.15, 0.2) is 0 Å². The van der Waals surface area contributed by atoms with Crippen LogP contribution in [0.2, 0.25) is 5.02 Å². The first-order valence-corrected chi connectivity index (χ1v) is 8.13. The van der Waals surface area contributed by atoms with E-state index in [1.165, 1.54) is 12.4 Å². The molecule has 25 heavy (non-hydrogen) atoms. The van der Waals surface area contributed by atoms with E-state index in [1.54, 1.807) is 0 Å². The molecule has 0 atom stereocenters. The van der Waals surface area contributed by atoms with Gasteiger partial charge in [-0.05, 0) is 49.2 Å². The highest BCUT2D eigenvalue weighted by Crippen LogP contribution is 2.24. The predicted octanol–water partition coefficient (Wildman–Crippen LogP) is 4.74. The predicted molar refractivity (Wildman–Crippen MR) is 101 cm³/mol. The van der Waals surface area contributed by atoms with Crippen molar-refractivity contribution in [2.75, 3.05) is 10.6 Å². The summed E-state index contributed by atoms with van der Waals surface area (Å²) in [6.07, 6.45) is 2.97. The van der Waals surface area contributed by atoms with E-state index >= 15 is 0 Å². The molecule has 5 nitrogen and oxygen atoms in total. The van der Waals surface area contributed by atoms with Crippen LogP contribution in [-0.2, 0) is 0 Å².